The molecule has 2 N–H and O–H groups in total. The molecule has 0 radical (unpaired) electrons. The van der Waals surface area contributed by atoms with Gasteiger partial charge in [0.2, 0.25) is 0 Å². The lowest BCUT2D eigenvalue weighted by molar-refractivity contribution is 0.264. The van der Waals surface area contributed by atoms with E-state index in [9.17, 15) is 0 Å². The first kappa shape index (κ1) is 8.20. The third kappa shape index (κ3) is 1.67. The monoisotopic (exact) mass is 182 g/mol. The third-order valence-electron chi connectivity index (χ3n) is 2.40. The van der Waals surface area contributed by atoms with E-state index in [0.717, 1.165) is 18.0 Å². The molecule has 3 heteroatoms. The first-order chi connectivity index (χ1) is 5.74. The molecule has 1 aromatic rings. The highest BCUT2D eigenvalue weighted by atomic mass is 32.1. The minimum Gasteiger partial charge on any atom is -0.328 e. The number of thiazole rings is 1. The summed E-state index contributed by atoms with van der Waals surface area (Å²) in [5.41, 5.74) is 6.86. The van der Waals surface area contributed by atoms with Gasteiger partial charge in [-0.05, 0) is 25.7 Å². The van der Waals surface area contributed by atoms with Crippen molar-refractivity contribution in [2.24, 2.45) is 11.7 Å². The van der Waals surface area contributed by atoms with Crippen molar-refractivity contribution in [2.45, 2.75) is 32.2 Å². The van der Waals surface area contributed by atoms with Crippen LogP contribution in [0.2, 0.25) is 0 Å². The fraction of sp³-hybridized carbons (Fsp3) is 0.667. The van der Waals surface area contributed by atoms with Gasteiger partial charge in [0.1, 0.15) is 0 Å². The van der Waals surface area contributed by atoms with Crippen LogP contribution in [-0.2, 0) is 6.42 Å². The molecule has 0 spiro atoms. The summed E-state index contributed by atoms with van der Waals surface area (Å²) in [5, 5.41) is 3.40. The molecule has 0 aromatic carbocycles. The minimum atomic E-state index is 0.469. The minimum absolute atomic E-state index is 0.469. The fourth-order valence-electron chi connectivity index (χ4n) is 1.70. The standard InChI is InChI=1S/C9H14N2S/c1-6-5-12-9(11-6)4-7-2-8(10)3-7/h5,7-8H,2-4,10H2,1H3. The molecule has 1 aliphatic rings. The van der Waals surface area contributed by atoms with Crippen molar-refractivity contribution in [1.29, 1.82) is 0 Å². The van der Waals surface area contributed by atoms with Crippen LogP contribution in [0.5, 0.6) is 0 Å². The van der Waals surface area contributed by atoms with Crippen LogP contribution in [0.3, 0.4) is 0 Å². The topological polar surface area (TPSA) is 38.9 Å². The zero-order valence-electron chi connectivity index (χ0n) is 7.29. The number of aromatic nitrogens is 1. The van der Waals surface area contributed by atoms with Crippen molar-refractivity contribution in [1.82, 2.24) is 4.98 Å². The van der Waals surface area contributed by atoms with Crippen LogP contribution >= 0.6 is 11.3 Å². The normalized spacial score (nSPS) is 28.5. The molecule has 0 unspecified atom stereocenters. The molecule has 0 atom stereocenters. The van der Waals surface area contributed by atoms with Crippen LogP contribution in [0.4, 0.5) is 0 Å². The number of nitrogens with zero attached hydrogens (tertiary/aromatic N) is 1. The van der Waals surface area contributed by atoms with Gasteiger partial charge in [0, 0.05) is 23.5 Å². The molecule has 0 amide bonds. The second-order valence-electron chi connectivity index (χ2n) is 3.68. The maximum absolute atomic E-state index is 5.71. The molecule has 0 bridgehead atoms. The molecule has 1 fully saturated rings. The quantitative estimate of drug-likeness (QED) is 0.756. The molecule has 66 valence electrons. The van der Waals surface area contributed by atoms with E-state index in [-0.39, 0.29) is 0 Å². The Bertz CT molecular complexity index is 263. The van der Waals surface area contributed by atoms with Gasteiger partial charge in [0.15, 0.2) is 0 Å². The van der Waals surface area contributed by atoms with Crippen LogP contribution in [0.1, 0.15) is 23.5 Å². The van der Waals surface area contributed by atoms with Crippen LogP contribution in [0, 0.1) is 12.8 Å². The fourth-order valence-corrected chi connectivity index (χ4v) is 2.59. The van der Waals surface area contributed by atoms with E-state index in [1.54, 1.807) is 11.3 Å². The highest BCUT2D eigenvalue weighted by Gasteiger charge is 2.26. The van der Waals surface area contributed by atoms with Crippen molar-refractivity contribution in [3.05, 3.63) is 16.1 Å². The Morgan fingerprint density at radius 3 is 2.92 bits per heavy atom. The summed E-state index contributed by atoms with van der Waals surface area (Å²) in [4.78, 5) is 4.44. The zero-order valence-corrected chi connectivity index (χ0v) is 8.10. The number of nitrogens with two attached hydrogens (primary N) is 1. The second kappa shape index (κ2) is 3.15. The summed E-state index contributed by atoms with van der Waals surface area (Å²) in [7, 11) is 0. The van der Waals surface area contributed by atoms with E-state index < -0.39 is 0 Å². The van der Waals surface area contributed by atoms with E-state index in [1.807, 2.05) is 6.92 Å². The lowest BCUT2D eigenvalue weighted by Crippen LogP contribution is -2.37. The van der Waals surface area contributed by atoms with Crippen LogP contribution in [-0.4, -0.2) is 11.0 Å². The zero-order chi connectivity index (χ0) is 8.55. The summed E-state index contributed by atoms with van der Waals surface area (Å²) >= 11 is 1.78. The van der Waals surface area contributed by atoms with Gasteiger partial charge in [0.25, 0.3) is 0 Å². The van der Waals surface area contributed by atoms with Gasteiger partial charge in [0.05, 0.1) is 5.01 Å². The third-order valence-corrected chi connectivity index (χ3v) is 3.39. The van der Waals surface area contributed by atoms with Crippen molar-refractivity contribution in [2.75, 3.05) is 0 Å². The second-order valence-corrected chi connectivity index (χ2v) is 4.63. The molecular weight excluding hydrogens is 168 g/mol. The van der Waals surface area contributed by atoms with Gasteiger partial charge in [-0.15, -0.1) is 11.3 Å². The van der Waals surface area contributed by atoms with Gasteiger partial charge < -0.3 is 5.73 Å². The maximum Gasteiger partial charge on any atom is 0.0930 e. The van der Waals surface area contributed by atoms with E-state index >= 15 is 0 Å². The van der Waals surface area contributed by atoms with Crippen molar-refractivity contribution in [3.8, 4) is 0 Å². The van der Waals surface area contributed by atoms with E-state index in [4.69, 9.17) is 5.73 Å². The Morgan fingerprint density at radius 1 is 1.67 bits per heavy atom. The highest BCUT2D eigenvalue weighted by molar-refractivity contribution is 7.09. The van der Waals surface area contributed by atoms with Crippen molar-refractivity contribution < 1.29 is 0 Å². The van der Waals surface area contributed by atoms with Gasteiger partial charge in [-0.25, -0.2) is 4.98 Å². The summed E-state index contributed by atoms with van der Waals surface area (Å²) in [6.07, 6.45) is 3.53. The molecule has 1 aromatic heterocycles. The lowest BCUT2D eigenvalue weighted by atomic mass is 9.79. The highest BCUT2D eigenvalue weighted by Crippen LogP contribution is 2.29. The van der Waals surface area contributed by atoms with Crippen LogP contribution in [0.25, 0.3) is 0 Å². The average molecular weight is 182 g/mol. The Hall–Kier alpha value is -0.410. The summed E-state index contributed by atoms with van der Waals surface area (Å²) in [6.45, 7) is 2.05. The van der Waals surface area contributed by atoms with Crippen molar-refractivity contribution in [3.63, 3.8) is 0 Å². The number of hydrogen-bond acceptors (Lipinski definition) is 3. The first-order valence-corrected chi connectivity index (χ1v) is 5.28. The Balaban J connectivity index is 1.88. The molecule has 0 aliphatic heterocycles. The summed E-state index contributed by atoms with van der Waals surface area (Å²) in [5.74, 6) is 0.811. The number of rotatable bonds is 2. The molecule has 2 rings (SSSR count). The largest absolute Gasteiger partial charge is 0.328 e. The molecule has 1 aliphatic carbocycles. The van der Waals surface area contributed by atoms with Crippen LogP contribution < -0.4 is 5.73 Å². The summed E-state index contributed by atoms with van der Waals surface area (Å²) in [6, 6.07) is 0.469. The Morgan fingerprint density at radius 2 is 2.42 bits per heavy atom. The molecule has 1 saturated carbocycles. The van der Waals surface area contributed by atoms with E-state index in [0.29, 0.717) is 6.04 Å². The number of aryl methyl sites for hydroxylation is 1. The van der Waals surface area contributed by atoms with Gasteiger partial charge in [-0.1, -0.05) is 0 Å². The Kier molecular flexibility index (Phi) is 2.15. The SMILES string of the molecule is Cc1csc(CC2CC(N)C2)n1. The van der Waals surface area contributed by atoms with E-state index in [1.165, 1.54) is 17.8 Å². The number of hydrogen-bond donors (Lipinski definition) is 1. The van der Waals surface area contributed by atoms with Crippen LogP contribution in [0.15, 0.2) is 5.38 Å². The molecule has 2 nitrogen and oxygen atoms in total. The molecule has 1 heterocycles. The van der Waals surface area contributed by atoms with Gasteiger partial charge in [-0.3, -0.25) is 0 Å². The maximum atomic E-state index is 5.71. The predicted molar refractivity (Wildman–Crippen MR) is 51.3 cm³/mol. The predicted octanol–water partition coefficient (Wildman–Crippen LogP) is 1.73. The smallest absolute Gasteiger partial charge is 0.0930 e. The average Bonchev–Trinajstić information content (AvgIpc) is 2.33. The molecule has 0 saturated heterocycles. The molecule has 12 heavy (non-hydrogen) atoms. The van der Waals surface area contributed by atoms with Crippen molar-refractivity contribution >= 4 is 11.3 Å². The Labute approximate surface area is 76.8 Å². The molecular formula is C9H14N2S. The van der Waals surface area contributed by atoms with E-state index in [2.05, 4.69) is 10.4 Å². The summed E-state index contributed by atoms with van der Waals surface area (Å²) < 4.78 is 0. The van der Waals surface area contributed by atoms with Gasteiger partial charge >= 0.3 is 0 Å². The first-order valence-electron chi connectivity index (χ1n) is 4.40. The van der Waals surface area contributed by atoms with Gasteiger partial charge in [-0.2, -0.15) is 0 Å². The lowest BCUT2D eigenvalue weighted by Gasteiger charge is -2.31.